The minimum Gasteiger partial charge on any atom is -0.373 e. The van der Waals surface area contributed by atoms with Crippen LogP contribution in [-0.2, 0) is 26.0 Å². The van der Waals surface area contributed by atoms with Crippen LogP contribution in [0.1, 0.15) is 24.4 Å². The summed E-state index contributed by atoms with van der Waals surface area (Å²) in [6.45, 7) is 6.49. The first kappa shape index (κ1) is 21.9. The van der Waals surface area contributed by atoms with Crippen LogP contribution in [-0.4, -0.2) is 61.2 Å². The first-order chi connectivity index (χ1) is 13.7. The average molecular weight is 438 g/mol. The Morgan fingerprint density at radius 3 is 2.48 bits per heavy atom. The maximum atomic E-state index is 12.5. The predicted molar refractivity (Wildman–Crippen MR) is 114 cm³/mol. The van der Waals surface area contributed by atoms with Gasteiger partial charge >= 0.3 is 0 Å². The van der Waals surface area contributed by atoms with Crippen LogP contribution in [0.3, 0.4) is 0 Å². The van der Waals surface area contributed by atoms with Crippen molar-refractivity contribution in [2.24, 2.45) is 0 Å². The van der Waals surface area contributed by atoms with Crippen LogP contribution in [0.2, 0.25) is 0 Å². The van der Waals surface area contributed by atoms with E-state index in [4.69, 9.17) is 4.74 Å². The lowest BCUT2D eigenvalue weighted by Crippen LogP contribution is -2.49. The number of rotatable bonds is 7. The molecule has 2 unspecified atom stereocenters. The van der Waals surface area contributed by atoms with E-state index in [-0.39, 0.29) is 36.8 Å². The fourth-order valence-electron chi connectivity index (χ4n) is 3.34. The Morgan fingerprint density at radius 2 is 1.90 bits per heavy atom. The molecule has 9 heteroatoms. The highest BCUT2D eigenvalue weighted by atomic mass is 32.2. The molecule has 1 fully saturated rings. The minimum atomic E-state index is -3.42. The van der Waals surface area contributed by atoms with Crippen LogP contribution in [0.4, 0.5) is 0 Å². The highest BCUT2D eigenvalue weighted by Gasteiger charge is 2.30. The van der Waals surface area contributed by atoms with E-state index in [2.05, 4.69) is 10.3 Å². The summed E-state index contributed by atoms with van der Waals surface area (Å²) in [5.74, 6) is -0.304. The third kappa shape index (κ3) is 6.08. The SMILES string of the molecule is Cc1nc(-c2ccc(CC(=O)NCCS(=O)(=O)N3CC(C)OC(C)C3)cc2)cs1. The molecule has 1 aromatic carbocycles. The van der Waals surface area contributed by atoms with Gasteiger partial charge in [-0.3, -0.25) is 4.79 Å². The van der Waals surface area contributed by atoms with Crippen molar-refractivity contribution in [2.75, 3.05) is 25.4 Å². The molecule has 0 radical (unpaired) electrons. The number of sulfonamides is 1. The van der Waals surface area contributed by atoms with E-state index in [0.717, 1.165) is 21.8 Å². The molecule has 0 saturated carbocycles. The maximum Gasteiger partial charge on any atom is 0.224 e. The molecule has 1 aliphatic heterocycles. The zero-order chi connectivity index (χ0) is 21.0. The van der Waals surface area contributed by atoms with Crippen LogP contribution < -0.4 is 5.32 Å². The number of carbonyl (C=O) groups excluding carboxylic acids is 1. The lowest BCUT2D eigenvalue weighted by Gasteiger charge is -2.34. The number of benzene rings is 1. The number of aryl methyl sites for hydroxylation is 1. The highest BCUT2D eigenvalue weighted by molar-refractivity contribution is 7.89. The summed E-state index contributed by atoms with van der Waals surface area (Å²) in [5, 5.41) is 5.73. The molecule has 2 aromatic rings. The van der Waals surface area contributed by atoms with E-state index >= 15 is 0 Å². The topological polar surface area (TPSA) is 88.6 Å². The molecule has 1 amide bonds. The Balaban J connectivity index is 1.47. The molecule has 3 rings (SSSR count). The van der Waals surface area contributed by atoms with Crippen LogP contribution in [0.5, 0.6) is 0 Å². The van der Waals surface area contributed by atoms with Gasteiger partial charge in [0.15, 0.2) is 0 Å². The summed E-state index contributed by atoms with van der Waals surface area (Å²) in [5.41, 5.74) is 2.82. The summed E-state index contributed by atoms with van der Waals surface area (Å²) in [6.07, 6.45) is -0.0410. The summed E-state index contributed by atoms with van der Waals surface area (Å²) in [4.78, 5) is 16.6. The molecule has 7 nitrogen and oxygen atoms in total. The molecule has 1 N–H and O–H groups in total. The zero-order valence-electron chi connectivity index (χ0n) is 16.9. The molecule has 1 saturated heterocycles. The van der Waals surface area contributed by atoms with Crippen LogP contribution in [0.15, 0.2) is 29.6 Å². The van der Waals surface area contributed by atoms with Crippen molar-refractivity contribution in [3.05, 3.63) is 40.2 Å². The quantitative estimate of drug-likeness (QED) is 0.718. The Bertz CT molecular complexity index is 931. The van der Waals surface area contributed by atoms with Crippen LogP contribution >= 0.6 is 11.3 Å². The van der Waals surface area contributed by atoms with Crippen molar-refractivity contribution < 1.29 is 17.9 Å². The molecule has 0 aliphatic carbocycles. The third-order valence-corrected chi connectivity index (χ3v) is 7.27. The molecule has 1 aliphatic rings. The summed E-state index contributed by atoms with van der Waals surface area (Å²) in [6, 6.07) is 7.69. The highest BCUT2D eigenvalue weighted by Crippen LogP contribution is 2.22. The normalized spacial score (nSPS) is 20.5. The van der Waals surface area contributed by atoms with E-state index in [1.54, 1.807) is 11.3 Å². The number of nitrogens with zero attached hydrogens (tertiary/aromatic N) is 2. The monoisotopic (exact) mass is 437 g/mol. The predicted octanol–water partition coefficient (Wildman–Crippen LogP) is 2.22. The smallest absolute Gasteiger partial charge is 0.224 e. The number of nitrogens with one attached hydrogen (secondary N) is 1. The molecular weight excluding hydrogens is 410 g/mol. The number of carbonyl (C=O) groups is 1. The second kappa shape index (κ2) is 9.34. The first-order valence-electron chi connectivity index (χ1n) is 9.64. The molecule has 29 heavy (non-hydrogen) atoms. The number of hydrogen-bond acceptors (Lipinski definition) is 6. The van der Waals surface area contributed by atoms with Crippen LogP contribution in [0, 0.1) is 6.92 Å². The number of amides is 1. The van der Waals surface area contributed by atoms with E-state index in [0.29, 0.717) is 13.1 Å². The summed E-state index contributed by atoms with van der Waals surface area (Å²) >= 11 is 1.60. The summed E-state index contributed by atoms with van der Waals surface area (Å²) < 4.78 is 32.0. The number of hydrogen-bond donors (Lipinski definition) is 1. The second-order valence-corrected chi connectivity index (χ2v) is 10.5. The van der Waals surface area contributed by atoms with Gasteiger partial charge in [0, 0.05) is 30.6 Å². The van der Waals surface area contributed by atoms with Crippen LogP contribution in [0.25, 0.3) is 11.3 Å². The average Bonchev–Trinajstić information content (AvgIpc) is 3.08. The maximum absolute atomic E-state index is 12.5. The number of aromatic nitrogens is 1. The van der Waals surface area contributed by atoms with Gasteiger partial charge in [0.25, 0.3) is 0 Å². The van der Waals surface area contributed by atoms with Gasteiger partial charge in [-0.25, -0.2) is 13.4 Å². The first-order valence-corrected chi connectivity index (χ1v) is 12.1. The van der Waals surface area contributed by atoms with Gasteiger partial charge in [0.05, 0.1) is 35.1 Å². The summed E-state index contributed by atoms with van der Waals surface area (Å²) in [7, 11) is -3.42. The van der Waals surface area contributed by atoms with Crippen molar-refractivity contribution in [1.29, 1.82) is 0 Å². The van der Waals surface area contributed by atoms with E-state index < -0.39 is 10.0 Å². The van der Waals surface area contributed by atoms with E-state index in [9.17, 15) is 13.2 Å². The molecule has 158 valence electrons. The van der Waals surface area contributed by atoms with Gasteiger partial charge in [-0.15, -0.1) is 11.3 Å². The van der Waals surface area contributed by atoms with Crippen molar-refractivity contribution in [1.82, 2.24) is 14.6 Å². The molecule has 0 bridgehead atoms. The van der Waals surface area contributed by atoms with Gasteiger partial charge in [-0.05, 0) is 26.3 Å². The number of morpholine rings is 1. The molecule has 0 spiro atoms. The fraction of sp³-hybridized carbons (Fsp3) is 0.500. The molecule has 2 heterocycles. The fourth-order valence-corrected chi connectivity index (χ4v) is 5.46. The van der Waals surface area contributed by atoms with Crippen molar-refractivity contribution in [3.8, 4) is 11.3 Å². The van der Waals surface area contributed by atoms with E-state index in [1.165, 1.54) is 4.31 Å². The van der Waals surface area contributed by atoms with Gasteiger partial charge < -0.3 is 10.1 Å². The van der Waals surface area contributed by atoms with Gasteiger partial charge in [-0.1, -0.05) is 24.3 Å². The molecule has 1 aromatic heterocycles. The largest absolute Gasteiger partial charge is 0.373 e. The van der Waals surface area contributed by atoms with Gasteiger partial charge in [-0.2, -0.15) is 4.31 Å². The Morgan fingerprint density at radius 1 is 1.24 bits per heavy atom. The number of ether oxygens (including phenoxy) is 1. The lowest BCUT2D eigenvalue weighted by atomic mass is 10.1. The molecular formula is C20H27N3O4S2. The van der Waals surface area contributed by atoms with Crippen molar-refractivity contribution in [3.63, 3.8) is 0 Å². The third-order valence-electron chi connectivity index (χ3n) is 4.70. The van der Waals surface area contributed by atoms with Crippen molar-refractivity contribution >= 4 is 27.3 Å². The molecule has 2 atom stereocenters. The Hall–Kier alpha value is -1.81. The second-order valence-electron chi connectivity index (χ2n) is 7.37. The lowest BCUT2D eigenvalue weighted by molar-refractivity contribution is -0.120. The standard InChI is InChI=1S/C20H27N3O4S2/c1-14-11-23(12-15(2)27-14)29(25,26)9-8-21-20(24)10-17-4-6-18(7-5-17)19-13-28-16(3)22-19/h4-7,13-15H,8-12H2,1-3H3,(H,21,24). The van der Waals surface area contributed by atoms with Gasteiger partial charge in [0.2, 0.25) is 15.9 Å². The minimum absolute atomic E-state index is 0.0947. The van der Waals surface area contributed by atoms with Crippen molar-refractivity contribution in [2.45, 2.75) is 39.4 Å². The zero-order valence-corrected chi connectivity index (χ0v) is 18.6. The Labute approximate surface area is 176 Å². The van der Waals surface area contributed by atoms with Gasteiger partial charge in [0.1, 0.15) is 0 Å². The van der Waals surface area contributed by atoms with E-state index in [1.807, 2.05) is 50.4 Å². The Kier molecular flexibility index (Phi) is 7.05. The number of thiazole rings is 1.